The Hall–Kier alpha value is -1.48. The summed E-state index contributed by atoms with van der Waals surface area (Å²) in [5.74, 6) is 0.0688. The van der Waals surface area contributed by atoms with Crippen molar-refractivity contribution >= 4 is 28.4 Å². The maximum atomic E-state index is 11.7. The van der Waals surface area contributed by atoms with E-state index in [1.807, 2.05) is 24.4 Å². The van der Waals surface area contributed by atoms with E-state index >= 15 is 0 Å². The molecular formula is C14H17ClN2O. The molecule has 0 aliphatic heterocycles. The Kier molecular flexibility index (Phi) is 4.26. The minimum atomic E-state index is 0.0688. The van der Waals surface area contributed by atoms with Crippen LogP contribution in [-0.4, -0.2) is 17.4 Å². The highest BCUT2D eigenvalue weighted by atomic mass is 35.5. The minimum absolute atomic E-state index is 0.0688. The van der Waals surface area contributed by atoms with E-state index in [-0.39, 0.29) is 5.91 Å². The Bertz CT molecular complexity index is 548. The highest BCUT2D eigenvalue weighted by Crippen LogP contribution is 2.22. The summed E-state index contributed by atoms with van der Waals surface area (Å²) < 4.78 is 0. The molecule has 0 saturated heterocycles. The number of hydrogen-bond donors (Lipinski definition) is 2. The lowest BCUT2D eigenvalue weighted by molar-refractivity contribution is -0.120. The molecule has 1 heterocycles. The van der Waals surface area contributed by atoms with Gasteiger partial charge in [0.25, 0.3) is 0 Å². The maximum Gasteiger partial charge on any atom is 0.224 e. The van der Waals surface area contributed by atoms with Crippen molar-refractivity contribution in [3.8, 4) is 0 Å². The number of nitrogens with one attached hydrogen (secondary N) is 2. The van der Waals surface area contributed by atoms with Gasteiger partial charge >= 0.3 is 0 Å². The van der Waals surface area contributed by atoms with Crippen molar-refractivity contribution in [1.29, 1.82) is 0 Å². The van der Waals surface area contributed by atoms with Gasteiger partial charge in [-0.1, -0.05) is 31.0 Å². The van der Waals surface area contributed by atoms with Crippen molar-refractivity contribution in [2.45, 2.75) is 26.2 Å². The second-order valence-electron chi connectivity index (χ2n) is 4.38. The fourth-order valence-electron chi connectivity index (χ4n) is 1.94. The molecule has 3 nitrogen and oxygen atoms in total. The van der Waals surface area contributed by atoms with Gasteiger partial charge in [0.15, 0.2) is 0 Å². The number of hydrogen-bond acceptors (Lipinski definition) is 1. The van der Waals surface area contributed by atoms with Gasteiger partial charge in [0.2, 0.25) is 5.91 Å². The van der Waals surface area contributed by atoms with Gasteiger partial charge in [-0.25, -0.2) is 0 Å². The second-order valence-corrected chi connectivity index (χ2v) is 4.82. The fraction of sp³-hybridized carbons (Fsp3) is 0.357. The van der Waals surface area contributed by atoms with E-state index in [2.05, 4.69) is 17.2 Å². The Labute approximate surface area is 112 Å². The zero-order chi connectivity index (χ0) is 13.0. The molecule has 0 saturated carbocycles. The number of carbonyl (C=O) groups excluding carboxylic acids is 1. The molecule has 0 aliphatic carbocycles. The number of benzene rings is 1. The molecule has 1 aromatic carbocycles. The lowest BCUT2D eigenvalue weighted by atomic mass is 10.1. The maximum absolute atomic E-state index is 11.7. The second kappa shape index (κ2) is 5.91. The van der Waals surface area contributed by atoms with Crippen LogP contribution in [0.3, 0.4) is 0 Å². The number of carbonyl (C=O) groups is 1. The molecule has 1 aromatic heterocycles. The third-order valence-corrected chi connectivity index (χ3v) is 3.17. The first-order valence-corrected chi connectivity index (χ1v) is 6.60. The van der Waals surface area contributed by atoms with Crippen molar-refractivity contribution < 1.29 is 4.79 Å². The van der Waals surface area contributed by atoms with Gasteiger partial charge in [0.1, 0.15) is 0 Å². The normalized spacial score (nSPS) is 10.8. The van der Waals surface area contributed by atoms with Crippen LogP contribution in [0.5, 0.6) is 0 Å². The van der Waals surface area contributed by atoms with E-state index < -0.39 is 0 Å². The summed E-state index contributed by atoms with van der Waals surface area (Å²) in [6, 6.07) is 5.66. The Morgan fingerprint density at radius 1 is 1.44 bits per heavy atom. The number of halogens is 1. The Morgan fingerprint density at radius 2 is 2.28 bits per heavy atom. The summed E-state index contributed by atoms with van der Waals surface area (Å²) in [5, 5.41) is 4.68. The number of amides is 1. The predicted molar refractivity (Wildman–Crippen MR) is 74.9 cm³/mol. The van der Waals surface area contributed by atoms with Crippen molar-refractivity contribution in [1.82, 2.24) is 10.3 Å². The molecule has 96 valence electrons. The van der Waals surface area contributed by atoms with Gasteiger partial charge in [0.05, 0.1) is 6.42 Å². The molecule has 2 N–H and O–H groups in total. The van der Waals surface area contributed by atoms with E-state index in [1.54, 1.807) is 0 Å². The van der Waals surface area contributed by atoms with Crippen LogP contribution in [-0.2, 0) is 11.2 Å². The molecular weight excluding hydrogens is 248 g/mol. The average molecular weight is 265 g/mol. The monoisotopic (exact) mass is 264 g/mol. The summed E-state index contributed by atoms with van der Waals surface area (Å²) in [4.78, 5) is 14.9. The molecule has 2 rings (SSSR count). The van der Waals surface area contributed by atoms with Crippen LogP contribution in [0.25, 0.3) is 10.9 Å². The number of aromatic amines is 1. The quantitative estimate of drug-likeness (QED) is 0.800. The lowest BCUT2D eigenvalue weighted by Crippen LogP contribution is -2.25. The number of fused-ring (bicyclic) bond motifs is 1. The zero-order valence-electron chi connectivity index (χ0n) is 10.4. The third kappa shape index (κ3) is 3.05. The SMILES string of the molecule is CCCCNC(=O)Cc1c[nH]c2cc(Cl)ccc12. The summed E-state index contributed by atoms with van der Waals surface area (Å²) >= 11 is 5.92. The van der Waals surface area contributed by atoms with Gasteiger partial charge in [-0.05, 0) is 24.1 Å². The van der Waals surface area contributed by atoms with Crippen molar-refractivity contribution in [3.63, 3.8) is 0 Å². The summed E-state index contributed by atoms with van der Waals surface area (Å²) in [6.07, 6.45) is 4.40. The molecule has 0 unspecified atom stereocenters. The van der Waals surface area contributed by atoms with Crippen LogP contribution >= 0.6 is 11.6 Å². The molecule has 1 amide bonds. The van der Waals surface area contributed by atoms with Crippen LogP contribution in [0.4, 0.5) is 0 Å². The molecule has 0 atom stereocenters. The van der Waals surface area contributed by atoms with Crippen LogP contribution in [0.2, 0.25) is 5.02 Å². The predicted octanol–water partition coefficient (Wildman–Crippen LogP) is 3.28. The van der Waals surface area contributed by atoms with Crippen LogP contribution in [0.1, 0.15) is 25.3 Å². The summed E-state index contributed by atoms with van der Waals surface area (Å²) in [5.41, 5.74) is 1.98. The van der Waals surface area contributed by atoms with Crippen LogP contribution in [0, 0.1) is 0 Å². The van der Waals surface area contributed by atoms with E-state index in [4.69, 9.17) is 11.6 Å². The Balaban J connectivity index is 2.05. The molecule has 0 aliphatic rings. The van der Waals surface area contributed by atoms with Gasteiger partial charge in [-0.2, -0.15) is 0 Å². The fourth-order valence-corrected chi connectivity index (χ4v) is 2.12. The first-order chi connectivity index (χ1) is 8.70. The number of H-pyrrole nitrogens is 1. The summed E-state index contributed by atoms with van der Waals surface area (Å²) in [6.45, 7) is 2.86. The molecule has 0 fully saturated rings. The topological polar surface area (TPSA) is 44.9 Å². The van der Waals surface area contributed by atoms with E-state index in [0.717, 1.165) is 35.9 Å². The molecule has 0 spiro atoms. The molecule has 0 bridgehead atoms. The van der Waals surface area contributed by atoms with Gasteiger partial charge in [-0.3, -0.25) is 4.79 Å². The molecule has 0 radical (unpaired) electrons. The number of unbranched alkanes of at least 4 members (excludes halogenated alkanes) is 1. The van der Waals surface area contributed by atoms with Gasteiger partial charge in [-0.15, -0.1) is 0 Å². The van der Waals surface area contributed by atoms with Crippen LogP contribution in [0.15, 0.2) is 24.4 Å². The Morgan fingerprint density at radius 3 is 3.06 bits per heavy atom. The van der Waals surface area contributed by atoms with Gasteiger partial charge < -0.3 is 10.3 Å². The largest absolute Gasteiger partial charge is 0.361 e. The van der Waals surface area contributed by atoms with Gasteiger partial charge in [0, 0.05) is 28.7 Å². The highest BCUT2D eigenvalue weighted by molar-refractivity contribution is 6.31. The van der Waals surface area contributed by atoms with E-state index in [0.29, 0.717) is 11.4 Å². The van der Waals surface area contributed by atoms with E-state index in [9.17, 15) is 4.79 Å². The number of aromatic nitrogens is 1. The van der Waals surface area contributed by atoms with Crippen molar-refractivity contribution in [2.75, 3.05) is 6.54 Å². The van der Waals surface area contributed by atoms with Crippen molar-refractivity contribution in [3.05, 3.63) is 35.0 Å². The lowest BCUT2D eigenvalue weighted by Gasteiger charge is -2.03. The first kappa shape index (κ1) is 13.0. The molecule has 2 aromatic rings. The zero-order valence-corrected chi connectivity index (χ0v) is 11.2. The van der Waals surface area contributed by atoms with Crippen LogP contribution < -0.4 is 5.32 Å². The minimum Gasteiger partial charge on any atom is -0.361 e. The smallest absolute Gasteiger partial charge is 0.224 e. The first-order valence-electron chi connectivity index (χ1n) is 6.23. The standard InChI is InChI=1S/C14H17ClN2O/c1-2-3-6-16-14(18)7-10-9-17-13-8-11(15)4-5-12(10)13/h4-5,8-9,17H,2-3,6-7H2,1H3,(H,16,18). The highest BCUT2D eigenvalue weighted by Gasteiger charge is 2.08. The average Bonchev–Trinajstić information content (AvgIpc) is 2.72. The summed E-state index contributed by atoms with van der Waals surface area (Å²) in [7, 11) is 0. The molecule has 18 heavy (non-hydrogen) atoms. The number of rotatable bonds is 5. The third-order valence-electron chi connectivity index (χ3n) is 2.93. The molecule has 4 heteroatoms. The van der Waals surface area contributed by atoms with Crippen molar-refractivity contribution in [2.24, 2.45) is 0 Å². The van der Waals surface area contributed by atoms with E-state index in [1.165, 1.54) is 0 Å².